The molecule has 0 saturated carbocycles. The molecule has 5 aromatic carbocycles. The van der Waals surface area contributed by atoms with Crippen LogP contribution in [0.4, 0.5) is 0 Å². The molecule has 2 heterocycles. The van der Waals surface area contributed by atoms with E-state index in [4.69, 9.17) is 5.21 Å². The van der Waals surface area contributed by atoms with Crippen molar-refractivity contribution in [3.8, 4) is 0 Å². The van der Waals surface area contributed by atoms with Gasteiger partial charge < -0.3 is 9.67 Å². The lowest BCUT2D eigenvalue weighted by atomic mass is 9.88. The maximum atomic E-state index is 12.7. The van der Waals surface area contributed by atoms with Gasteiger partial charge in [-0.1, -0.05) is 114 Å². The van der Waals surface area contributed by atoms with Gasteiger partial charge in [0.15, 0.2) is 5.66 Å². The Kier molecular flexibility index (Phi) is 5.53. The van der Waals surface area contributed by atoms with Gasteiger partial charge in [-0.15, -0.1) is 5.10 Å². The summed E-state index contributed by atoms with van der Waals surface area (Å²) in [6, 6.07) is 43.3. The van der Waals surface area contributed by atoms with Crippen LogP contribution >= 0.6 is 0 Å². The second-order valence-corrected chi connectivity index (χ2v) is 10.2. The van der Waals surface area contributed by atoms with Crippen LogP contribution in [0, 0.1) is 6.92 Å². The van der Waals surface area contributed by atoms with E-state index in [1.54, 1.807) is 0 Å². The van der Waals surface area contributed by atoms with Crippen molar-refractivity contribution >= 4 is 32.8 Å². The summed E-state index contributed by atoms with van der Waals surface area (Å²) in [4.78, 5) is 0. The molecule has 2 atom stereocenters. The van der Waals surface area contributed by atoms with E-state index in [0.29, 0.717) is 6.42 Å². The lowest BCUT2D eigenvalue weighted by Gasteiger charge is -2.41. The normalized spacial score (nSPS) is 14.1. The van der Waals surface area contributed by atoms with Crippen molar-refractivity contribution in [3.05, 3.63) is 144 Å². The number of para-hydroxylation sites is 3. The number of rotatable bonds is 6. The zero-order valence-electron chi connectivity index (χ0n) is 21.6. The van der Waals surface area contributed by atoms with E-state index in [0.717, 1.165) is 49.5 Å². The molecule has 0 aliphatic carbocycles. The fraction of sp³-hybridized carbons (Fsp3) is 0.118. The monoisotopic (exact) mass is 508 g/mol. The first-order valence-corrected chi connectivity index (χ1v) is 13.2. The Morgan fingerprint density at radius 2 is 1.23 bits per heavy atom. The molecule has 7 aromatic rings. The molecule has 2 aromatic heterocycles. The predicted molar refractivity (Wildman–Crippen MR) is 157 cm³/mol. The predicted octanol–water partition coefficient (Wildman–Crippen LogP) is 7.03. The molecule has 0 spiro atoms. The van der Waals surface area contributed by atoms with Crippen molar-refractivity contribution in [2.45, 2.75) is 25.1 Å². The Labute approximate surface area is 226 Å². The highest BCUT2D eigenvalue weighted by atomic mass is 16.3. The van der Waals surface area contributed by atoms with Gasteiger partial charge in [-0.2, -0.15) is 0 Å². The number of benzene rings is 5. The Morgan fingerprint density at radius 1 is 0.667 bits per heavy atom. The van der Waals surface area contributed by atoms with Gasteiger partial charge >= 0.3 is 0 Å². The summed E-state index contributed by atoms with van der Waals surface area (Å²) in [5.74, 6) is 0. The highest BCUT2D eigenvalue weighted by Gasteiger charge is 2.46. The van der Waals surface area contributed by atoms with Crippen LogP contribution in [-0.4, -0.2) is 24.7 Å². The minimum absolute atomic E-state index is 0.485. The van der Waals surface area contributed by atoms with Gasteiger partial charge in [0.25, 0.3) is 0 Å². The van der Waals surface area contributed by atoms with Crippen molar-refractivity contribution in [2.24, 2.45) is 0 Å². The SMILES string of the molecule is Cc1ccc(C(O)C(Cc2ccccc2)(n2nnc3ccccc32)n2c3ccccc3c3ccccc32)cc1. The number of aromatic nitrogens is 4. The molecule has 0 saturated heterocycles. The molecule has 190 valence electrons. The summed E-state index contributed by atoms with van der Waals surface area (Å²) < 4.78 is 4.23. The smallest absolute Gasteiger partial charge is 0.174 e. The lowest BCUT2D eigenvalue weighted by molar-refractivity contribution is 0.00749. The molecule has 0 bridgehead atoms. The number of aliphatic hydroxyl groups excluding tert-OH is 1. The van der Waals surface area contributed by atoms with Crippen LogP contribution in [0.1, 0.15) is 22.8 Å². The molecule has 2 unspecified atom stereocenters. The highest BCUT2D eigenvalue weighted by molar-refractivity contribution is 6.08. The largest absolute Gasteiger partial charge is 0.384 e. The highest BCUT2D eigenvalue weighted by Crippen LogP contribution is 2.44. The molecule has 1 N–H and O–H groups in total. The van der Waals surface area contributed by atoms with Crippen LogP contribution in [0.5, 0.6) is 0 Å². The van der Waals surface area contributed by atoms with Crippen molar-refractivity contribution in [1.29, 1.82) is 0 Å². The van der Waals surface area contributed by atoms with Gasteiger partial charge in [0, 0.05) is 17.2 Å². The summed E-state index contributed by atoms with van der Waals surface area (Å²) in [7, 11) is 0. The van der Waals surface area contributed by atoms with Crippen LogP contribution in [-0.2, 0) is 12.1 Å². The van der Waals surface area contributed by atoms with E-state index in [1.807, 2.05) is 59.3 Å². The van der Waals surface area contributed by atoms with E-state index in [9.17, 15) is 5.11 Å². The summed E-state index contributed by atoms with van der Waals surface area (Å²) in [6.07, 6.45) is -0.471. The number of hydrogen-bond donors (Lipinski definition) is 1. The first-order chi connectivity index (χ1) is 19.2. The maximum absolute atomic E-state index is 12.7. The first-order valence-electron chi connectivity index (χ1n) is 13.2. The number of fused-ring (bicyclic) bond motifs is 4. The number of aryl methyl sites for hydroxylation is 1. The maximum Gasteiger partial charge on any atom is 0.174 e. The van der Waals surface area contributed by atoms with Gasteiger partial charge in [0.2, 0.25) is 0 Å². The quantitative estimate of drug-likeness (QED) is 0.262. The van der Waals surface area contributed by atoms with Crippen LogP contribution in [0.25, 0.3) is 32.8 Å². The average Bonchev–Trinajstić information content (AvgIpc) is 3.57. The molecule has 0 radical (unpaired) electrons. The third-order valence-corrected chi connectivity index (χ3v) is 7.82. The van der Waals surface area contributed by atoms with Crippen molar-refractivity contribution in [1.82, 2.24) is 19.6 Å². The molecular formula is C34H28N4O. The minimum atomic E-state index is -1.09. The standard InChI is InChI=1S/C34H28N4O/c1-24-19-21-26(22-20-24)33(39)34(23-25-11-3-2-4-12-25,38-32-18-10-7-15-29(32)35-36-38)37-30-16-8-5-13-27(30)28-14-6-9-17-31(28)37/h2-22,33,39H,23H2,1H3. The van der Waals surface area contributed by atoms with Gasteiger partial charge in [-0.25, -0.2) is 4.68 Å². The van der Waals surface area contributed by atoms with Crippen molar-refractivity contribution < 1.29 is 5.11 Å². The Hall–Kier alpha value is -4.74. The third-order valence-electron chi connectivity index (χ3n) is 7.82. The fourth-order valence-corrected chi connectivity index (χ4v) is 5.99. The van der Waals surface area contributed by atoms with Gasteiger partial charge in [0.05, 0.1) is 16.6 Å². The zero-order valence-corrected chi connectivity index (χ0v) is 21.6. The molecule has 0 amide bonds. The molecule has 0 aliphatic rings. The summed E-state index contributed by atoms with van der Waals surface area (Å²) in [5, 5.41) is 24.3. The van der Waals surface area contributed by atoms with E-state index in [1.165, 1.54) is 0 Å². The van der Waals surface area contributed by atoms with E-state index < -0.39 is 11.8 Å². The minimum Gasteiger partial charge on any atom is -0.384 e. The molecule has 0 fully saturated rings. The van der Waals surface area contributed by atoms with Crippen molar-refractivity contribution in [2.75, 3.05) is 0 Å². The van der Waals surface area contributed by atoms with Crippen LogP contribution < -0.4 is 0 Å². The van der Waals surface area contributed by atoms with E-state index in [-0.39, 0.29) is 0 Å². The Balaban J connectivity index is 1.66. The first kappa shape index (κ1) is 23.4. The molecule has 5 heteroatoms. The summed E-state index contributed by atoms with van der Waals surface area (Å²) in [6.45, 7) is 2.06. The van der Waals surface area contributed by atoms with Crippen LogP contribution in [0.2, 0.25) is 0 Å². The molecular weight excluding hydrogens is 480 g/mol. The summed E-state index contributed by atoms with van der Waals surface area (Å²) >= 11 is 0. The fourth-order valence-electron chi connectivity index (χ4n) is 5.99. The second kappa shape index (κ2) is 9.22. The van der Waals surface area contributed by atoms with Crippen molar-refractivity contribution in [3.63, 3.8) is 0 Å². The topological polar surface area (TPSA) is 55.9 Å². The lowest BCUT2D eigenvalue weighted by Crippen LogP contribution is -2.49. The Bertz CT molecular complexity index is 1870. The Morgan fingerprint density at radius 3 is 1.90 bits per heavy atom. The van der Waals surface area contributed by atoms with Crippen LogP contribution in [0.3, 0.4) is 0 Å². The number of aliphatic hydroxyl groups is 1. The molecule has 7 rings (SSSR count). The number of nitrogens with zero attached hydrogens (tertiary/aromatic N) is 4. The van der Waals surface area contributed by atoms with E-state index in [2.05, 4.69) is 89.4 Å². The van der Waals surface area contributed by atoms with Gasteiger partial charge in [0.1, 0.15) is 11.6 Å². The average molecular weight is 509 g/mol. The molecule has 5 nitrogen and oxygen atoms in total. The third kappa shape index (κ3) is 3.66. The molecule has 39 heavy (non-hydrogen) atoms. The second-order valence-electron chi connectivity index (χ2n) is 10.2. The zero-order chi connectivity index (χ0) is 26.4. The molecule has 0 aliphatic heterocycles. The van der Waals surface area contributed by atoms with E-state index >= 15 is 0 Å². The van der Waals surface area contributed by atoms with Gasteiger partial charge in [-0.05, 0) is 42.3 Å². The van der Waals surface area contributed by atoms with Gasteiger partial charge in [-0.3, -0.25) is 0 Å². The van der Waals surface area contributed by atoms with Crippen LogP contribution in [0.15, 0.2) is 127 Å². The number of hydrogen-bond acceptors (Lipinski definition) is 3. The summed E-state index contributed by atoms with van der Waals surface area (Å²) in [5.41, 5.74) is 5.66.